The smallest absolute Gasteiger partial charge is 0.374 e. The molecule has 0 unspecified atom stereocenters. The van der Waals surface area contributed by atoms with Crippen LogP contribution in [0.3, 0.4) is 0 Å². The van der Waals surface area contributed by atoms with Crippen LogP contribution in [0.1, 0.15) is 15.9 Å². The minimum absolute atomic E-state index is 0.190. The third-order valence-corrected chi connectivity index (χ3v) is 2.88. The quantitative estimate of drug-likeness (QED) is 0.407. The molecule has 2 aromatic rings. The number of methoxy groups -OCH3 is 1. The highest BCUT2D eigenvalue weighted by Crippen LogP contribution is 2.12. The third-order valence-electron chi connectivity index (χ3n) is 2.88. The summed E-state index contributed by atoms with van der Waals surface area (Å²) in [7, 11) is 1.08. The van der Waals surface area contributed by atoms with E-state index in [4.69, 9.17) is 10.5 Å². The van der Waals surface area contributed by atoms with E-state index in [2.05, 4.69) is 9.72 Å². The summed E-state index contributed by atoms with van der Waals surface area (Å²) in [4.78, 5) is 50.8. The summed E-state index contributed by atoms with van der Waals surface area (Å²) >= 11 is 0. The number of hydrogen-bond acceptors (Lipinski definition) is 7. The largest absolute Gasteiger partial charge is 0.463 e. The first kappa shape index (κ1) is 16.7. The van der Waals surface area contributed by atoms with Crippen molar-refractivity contribution in [3.05, 3.63) is 68.1 Å². The second-order valence-electron chi connectivity index (χ2n) is 4.49. The van der Waals surface area contributed by atoms with Gasteiger partial charge in [0, 0.05) is 6.08 Å². The standard InChI is InChI=1S/C15H13N3O6/c1-23-14(21)10(24-13(20)8-5-3-2-4-6-8)7-9-11(16)17-15(22)18-12(9)19/h2-7H,1H3,(H4,16,17,18,19,22)/b10-7-. The predicted octanol–water partition coefficient (Wildman–Crippen LogP) is 0.0163. The van der Waals surface area contributed by atoms with Crippen molar-refractivity contribution in [1.29, 1.82) is 0 Å². The van der Waals surface area contributed by atoms with Crippen LogP contribution in [-0.4, -0.2) is 29.0 Å². The van der Waals surface area contributed by atoms with E-state index in [0.717, 1.165) is 13.2 Å². The average Bonchev–Trinajstić information content (AvgIpc) is 2.56. The van der Waals surface area contributed by atoms with Crippen LogP contribution in [0.15, 0.2) is 45.7 Å². The van der Waals surface area contributed by atoms with E-state index in [9.17, 15) is 19.2 Å². The molecule has 0 saturated carbocycles. The lowest BCUT2D eigenvalue weighted by Gasteiger charge is -2.07. The molecule has 2 rings (SSSR count). The van der Waals surface area contributed by atoms with Crippen molar-refractivity contribution < 1.29 is 19.1 Å². The minimum Gasteiger partial charge on any atom is -0.463 e. The molecule has 0 spiro atoms. The Balaban J connectivity index is 2.43. The molecule has 0 aliphatic carbocycles. The molecule has 0 bridgehead atoms. The van der Waals surface area contributed by atoms with Gasteiger partial charge in [0.15, 0.2) is 0 Å². The Kier molecular flexibility index (Phi) is 4.95. The van der Waals surface area contributed by atoms with Crippen molar-refractivity contribution >= 4 is 23.8 Å². The predicted molar refractivity (Wildman–Crippen MR) is 83.9 cm³/mol. The van der Waals surface area contributed by atoms with Gasteiger partial charge in [-0.3, -0.25) is 14.8 Å². The van der Waals surface area contributed by atoms with Gasteiger partial charge < -0.3 is 15.2 Å². The fourth-order valence-electron chi connectivity index (χ4n) is 1.75. The van der Waals surface area contributed by atoms with Gasteiger partial charge in [-0.25, -0.2) is 14.4 Å². The van der Waals surface area contributed by atoms with Crippen LogP contribution in [0.2, 0.25) is 0 Å². The van der Waals surface area contributed by atoms with Gasteiger partial charge in [0.05, 0.1) is 18.2 Å². The fourth-order valence-corrected chi connectivity index (χ4v) is 1.75. The Bertz CT molecular complexity index is 911. The van der Waals surface area contributed by atoms with Crippen molar-refractivity contribution in [2.45, 2.75) is 0 Å². The van der Waals surface area contributed by atoms with Crippen molar-refractivity contribution in [2.75, 3.05) is 12.8 Å². The molecule has 0 aliphatic heterocycles. The Morgan fingerprint density at radius 3 is 2.38 bits per heavy atom. The zero-order valence-corrected chi connectivity index (χ0v) is 12.5. The fraction of sp³-hybridized carbons (Fsp3) is 0.0667. The zero-order valence-electron chi connectivity index (χ0n) is 12.5. The van der Waals surface area contributed by atoms with Crippen LogP contribution in [0.4, 0.5) is 5.82 Å². The zero-order chi connectivity index (χ0) is 17.7. The number of anilines is 1. The molecule has 9 heteroatoms. The summed E-state index contributed by atoms with van der Waals surface area (Å²) in [5.41, 5.74) is 3.81. The molecule has 0 atom stereocenters. The summed E-state index contributed by atoms with van der Waals surface area (Å²) in [5, 5.41) is 0. The molecule has 124 valence electrons. The number of esters is 2. The lowest BCUT2D eigenvalue weighted by Crippen LogP contribution is -2.26. The van der Waals surface area contributed by atoms with Crippen molar-refractivity contribution in [1.82, 2.24) is 9.97 Å². The summed E-state index contributed by atoms with van der Waals surface area (Å²) < 4.78 is 9.50. The molecule has 9 nitrogen and oxygen atoms in total. The number of aromatic amines is 2. The van der Waals surface area contributed by atoms with Crippen LogP contribution in [0.5, 0.6) is 0 Å². The highest BCUT2D eigenvalue weighted by molar-refractivity contribution is 5.98. The molecule has 0 radical (unpaired) electrons. The maximum atomic E-state index is 12.0. The van der Waals surface area contributed by atoms with E-state index in [1.807, 2.05) is 4.98 Å². The van der Waals surface area contributed by atoms with Gasteiger partial charge >= 0.3 is 17.6 Å². The number of aromatic nitrogens is 2. The summed E-state index contributed by atoms with van der Waals surface area (Å²) in [6.07, 6.45) is 0.913. The van der Waals surface area contributed by atoms with Crippen LogP contribution >= 0.6 is 0 Å². The molecule has 1 aromatic carbocycles. The highest BCUT2D eigenvalue weighted by atomic mass is 16.6. The second-order valence-corrected chi connectivity index (χ2v) is 4.49. The summed E-state index contributed by atoms with van der Waals surface area (Å²) in [5.74, 6) is -2.67. The second kappa shape index (κ2) is 7.09. The molecule has 1 heterocycles. The Morgan fingerprint density at radius 1 is 1.12 bits per heavy atom. The lowest BCUT2D eigenvalue weighted by molar-refractivity contribution is -0.139. The van der Waals surface area contributed by atoms with E-state index >= 15 is 0 Å². The number of ether oxygens (including phenoxy) is 2. The lowest BCUT2D eigenvalue weighted by atomic mass is 10.2. The molecule has 24 heavy (non-hydrogen) atoms. The molecule has 4 N–H and O–H groups in total. The van der Waals surface area contributed by atoms with E-state index in [-0.39, 0.29) is 16.9 Å². The van der Waals surface area contributed by atoms with Crippen molar-refractivity contribution in [3.63, 3.8) is 0 Å². The topological polar surface area (TPSA) is 144 Å². The normalized spacial score (nSPS) is 11.0. The van der Waals surface area contributed by atoms with E-state index in [1.165, 1.54) is 12.1 Å². The van der Waals surface area contributed by atoms with Crippen LogP contribution in [0.25, 0.3) is 6.08 Å². The van der Waals surface area contributed by atoms with Crippen molar-refractivity contribution in [3.8, 4) is 0 Å². The summed E-state index contributed by atoms with van der Waals surface area (Å²) in [6.45, 7) is 0. The van der Waals surface area contributed by atoms with Crippen LogP contribution in [0, 0.1) is 0 Å². The molecule has 0 amide bonds. The number of rotatable bonds is 4. The van der Waals surface area contributed by atoms with Crippen LogP contribution in [-0.2, 0) is 14.3 Å². The summed E-state index contributed by atoms with van der Waals surface area (Å²) in [6, 6.07) is 7.90. The van der Waals surface area contributed by atoms with Gasteiger partial charge in [0.1, 0.15) is 5.82 Å². The average molecular weight is 331 g/mol. The highest BCUT2D eigenvalue weighted by Gasteiger charge is 2.19. The van der Waals surface area contributed by atoms with E-state index in [1.54, 1.807) is 18.2 Å². The van der Waals surface area contributed by atoms with Gasteiger partial charge in [0.25, 0.3) is 5.56 Å². The van der Waals surface area contributed by atoms with Gasteiger partial charge in [-0.15, -0.1) is 0 Å². The first-order valence-electron chi connectivity index (χ1n) is 6.61. The number of nitrogens with one attached hydrogen (secondary N) is 2. The van der Waals surface area contributed by atoms with Gasteiger partial charge in [-0.1, -0.05) is 18.2 Å². The Labute approximate surface area is 134 Å². The number of hydrogen-bond donors (Lipinski definition) is 3. The number of benzene rings is 1. The number of carbonyl (C=O) groups excluding carboxylic acids is 2. The van der Waals surface area contributed by atoms with E-state index < -0.39 is 28.9 Å². The maximum absolute atomic E-state index is 12.0. The van der Waals surface area contributed by atoms with Gasteiger partial charge in [-0.2, -0.15) is 0 Å². The third kappa shape index (κ3) is 3.77. The number of H-pyrrole nitrogens is 2. The van der Waals surface area contributed by atoms with Crippen LogP contribution < -0.4 is 17.0 Å². The Hall–Kier alpha value is -3.62. The van der Waals surface area contributed by atoms with E-state index in [0.29, 0.717) is 0 Å². The number of nitrogen functional groups attached to an aromatic ring is 1. The molecule has 0 fully saturated rings. The maximum Gasteiger partial charge on any atom is 0.374 e. The first-order chi connectivity index (χ1) is 11.4. The monoisotopic (exact) mass is 331 g/mol. The van der Waals surface area contributed by atoms with Crippen molar-refractivity contribution in [2.24, 2.45) is 0 Å². The number of nitrogens with two attached hydrogens (primary N) is 1. The minimum atomic E-state index is -0.996. The molecular weight excluding hydrogens is 318 g/mol. The van der Waals surface area contributed by atoms with Gasteiger partial charge in [0.2, 0.25) is 5.76 Å². The first-order valence-corrected chi connectivity index (χ1v) is 6.61. The SMILES string of the molecule is COC(=O)/C(=C/c1c(N)[nH]c(=O)[nH]c1=O)OC(=O)c1ccccc1. The molecule has 1 aromatic heterocycles. The molecular formula is C15H13N3O6. The number of carbonyl (C=O) groups is 2. The van der Waals surface area contributed by atoms with Gasteiger partial charge in [-0.05, 0) is 12.1 Å². The molecule has 0 aliphatic rings. The molecule has 0 saturated heterocycles. The Morgan fingerprint density at radius 2 is 1.79 bits per heavy atom.